The van der Waals surface area contributed by atoms with Gasteiger partial charge in [0.1, 0.15) is 17.1 Å². The van der Waals surface area contributed by atoms with Crippen molar-refractivity contribution in [2.75, 3.05) is 19.9 Å². The molecule has 0 aliphatic carbocycles. The summed E-state index contributed by atoms with van der Waals surface area (Å²) in [5.74, 6) is -3.58. The molecular weight excluding hydrogens is 575 g/mol. The molecule has 0 heterocycles. The number of ether oxygens (including phenoxy) is 3. The zero-order valence-corrected chi connectivity index (χ0v) is 22.7. The zero-order chi connectivity index (χ0) is 29.8. The second-order valence-electron chi connectivity index (χ2n) is 8.71. The molecule has 11 nitrogen and oxygen atoms in total. The number of sulfone groups is 1. The number of hydrogen-bond acceptors (Lipinski definition) is 10. The summed E-state index contributed by atoms with van der Waals surface area (Å²) >= 11 is 5.66. The van der Waals surface area contributed by atoms with E-state index in [1.165, 1.54) is 20.8 Å². The first-order valence-electron chi connectivity index (χ1n) is 10.7. The summed E-state index contributed by atoms with van der Waals surface area (Å²) < 4.78 is 79.5. The number of amides is 1. The quantitative estimate of drug-likeness (QED) is 0.233. The summed E-state index contributed by atoms with van der Waals surface area (Å²) in [5, 5.41) is -0.0244. The molecular formula is C23H23ClF3NO10S. The van der Waals surface area contributed by atoms with Crippen molar-refractivity contribution in [3.05, 3.63) is 52.5 Å². The molecule has 39 heavy (non-hydrogen) atoms. The Labute approximate surface area is 226 Å². The molecule has 0 atom stereocenters. The van der Waals surface area contributed by atoms with Crippen LogP contribution in [0.5, 0.6) is 11.5 Å². The summed E-state index contributed by atoms with van der Waals surface area (Å²) in [6.07, 6.45) is -5.36. The Morgan fingerprint density at radius 2 is 1.67 bits per heavy atom. The molecule has 2 rings (SSSR count). The van der Waals surface area contributed by atoms with Crippen molar-refractivity contribution in [2.45, 2.75) is 37.4 Å². The molecule has 0 N–H and O–H groups in total. The number of esters is 1. The molecule has 0 saturated carbocycles. The summed E-state index contributed by atoms with van der Waals surface area (Å²) in [5.41, 5.74) is -3.00. The summed E-state index contributed by atoms with van der Waals surface area (Å²) in [6, 6.07) is 5.37. The Bertz CT molecular complexity index is 1360. The minimum absolute atomic E-state index is 0.193. The second-order valence-corrected chi connectivity index (χ2v) is 11.1. The first kappa shape index (κ1) is 31.7. The third-order valence-electron chi connectivity index (χ3n) is 4.35. The van der Waals surface area contributed by atoms with Gasteiger partial charge in [-0.1, -0.05) is 16.6 Å². The Morgan fingerprint density at radius 1 is 1.03 bits per heavy atom. The smallest absolute Gasteiger partial charge is 0.438 e. The first-order valence-corrected chi connectivity index (χ1v) is 12.9. The second kappa shape index (κ2) is 12.1. The molecule has 0 aromatic heterocycles. The average molecular weight is 598 g/mol. The topological polar surface area (TPSA) is 135 Å². The van der Waals surface area contributed by atoms with Crippen LogP contribution < -0.4 is 4.74 Å². The molecule has 0 bridgehead atoms. The van der Waals surface area contributed by atoms with Crippen LogP contribution in [0.15, 0.2) is 41.3 Å². The minimum Gasteiger partial charge on any atom is -0.468 e. The zero-order valence-electron chi connectivity index (χ0n) is 21.1. The molecule has 0 saturated heterocycles. The molecule has 0 aliphatic heterocycles. The molecule has 214 valence electrons. The lowest BCUT2D eigenvalue weighted by molar-refractivity contribution is -0.368. The van der Waals surface area contributed by atoms with E-state index >= 15 is 0 Å². The maximum atomic E-state index is 13.4. The van der Waals surface area contributed by atoms with Crippen LogP contribution in [0, 0.1) is 0 Å². The van der Waals surface area contributed by atoms with Crippen molar-refractivity contribution in [2.24, 2.45) is 0 Å². The van der Waals surface area contributed by atoms with E-state index in [1.807, 2.05) is 0 Å². The first-order chi connectivity index (χ1) is 17.8. The fourth-order valence-electron chi connectivity index (χ4n) is 2.73. The lowest BCUT2D eigenvalue weighted by Gasteiger charge is -2.24. The van der Waals surface area contributed by atoms with Crippen LogP contribution >= 0.6 is 11.6 Å². The third-order valence-corrected chi connectivity index (χ3v) is 5.74. The van der Waals surface area contributed by atoms with E-state index in [-0.39, 0.29) is 15.8 Å². The molecule has 0 radical (unpaired) electrons. The molecule has 0 fully saturated rings. The predicted molar refractivity (Wildman–Crippen MR) is 128 cm³/mol. The van der Waals surface area contributed by atoms with E-state index in [0.717, 1.165) is 43.7 Å². The SMILES string of the molecule is COC(=O)CN(OOC(=O)c1cc(Oc2ccc(Cl)cc2C(F)(F)F)ccc1S(C)(=O)=O)C(=O)OC(C)(C)C. The fraction of sp³-hybridized carbons (Fsp3) is 0.348. The summed E-state index contributed by atoms with van der Waals surface area (Å²) in [4.78, 5) is 45.4. The van der Waals surface area contributed by atoms with E-state index in [1.54, 1.807) is 0 Å². The molecule has 2 aromatic rings. The molecule has 0 spiro atoms. The summed E-state index contributed by atoms with van der Waals surface area (Å²) in [6.45, 7) is 3.61. The van der Waals surface area contributed by atoms with Crippen molar-refractivity contribution < 1.29 is 60.1 Å². The normalized spacial score (nSPS) is 11.9. The molecule has 16 heteroatoms. The van der Waals surface area contributed by atoms with Crippen LogP contribution in [0.25, 0.3) is 0 Å². The Hall–Kier alpha value is -3.56. The van der Waals surface area contributed by atoms with Gasteiger partial charge in [0.25, 0.3) is 0 Å². The van der Waals surface area contributed by atoms with Gasteiger partial charge in [-0.25, -0.2) is 18.0 Å². The van der Waals surface area contributed by atoms with Crippen LogP contribution in [0.1, 0.15) is 36.7 Å². The van der Waals surface area contributed by atoms with Gasteiger partial charge in [-0.05, 0) is 57.2 Å². The number of alkyl halides is 3. The van der Waals surface area contributed by atoms with Gasteiger partial charge < -0.3 is 14.2 Å². The van der Waals surface area contributed by atoms with Crippen molar-refractivity contribution in [1.29, 1.82) is 0 Å². The highest BCUT2D eigenvalue weighted by molar-refractivity contribution is 7.90. The lowest BCUT2D eigenvalue weighted by atomic mass is 10.2. The van der Waals surface area contributed by atoms with E-state index in [2.05, 4.69) is 14.6 Å². The van der Waals surface area contributed by atoms with Crippen LogP contribution in [-0.2, 0) is 40.2 Å². The third kappa shape index (κ3) is 9.30. The van der Waals surface area contributed by atoms with Crippen LogP contribution in [0.4, 0.5) is 18.0 Å². The average Bonchev–Trinajstić information content (AvgIpc) is 2.79. The predicted octanol–water partition coefficient (Wildman–Crippen LogP) is 4.97. The Balaban J connectivity index is 2.41. The van der Waals surface area contributed by atoms with Gasteiger partial charge >= 0.3 is 24.2 Å². The van der Waals surface area contributed by atoms with Gasteiger partial charge in [-0.2, -0.15) is 13.2 Å². The van der Waals surface area contributed by atoms with Crippen molar-refractivity contribution in [3.8, 4) is 11.5 Å². The fourth-order valence-corrected chi connectivity index (χ4v) is 3.76. The number of carbonyl (C=O) groups excluding carboxylic acids is 3. The van der Waals surface area contributed by atoms with Gasteiger partial charge in [0.2, 0.25) is 0 Å². The Morgan fingerprint density at radius 3 is 2.21 bits per heavy atom. The standard InChI is InChI=1S/C23H23ClF3NO10S/c1-22(2,3)36-21(31)28(12-19(29)34-4)38-37-20(30)15-11-14(7-9-18(15)39(5,32)33)35-17-8-6-13(24)10-16(17)23(25,26)27/h6-11H,12H2,1-5H3. The Kier molecular flexibility index (Phi) is 9.81. The van der Waals surface area contributed by atoms with Gasteiger partial charge in [0.15, 0.2) is 16.4 Å². The van der Waals surface area contributed by atoms with Crippen LogP contribution in [-0.4, -0.2) is 57.0 Å². The van der Waals surface area contributed by atoms with E-state index in [4.69, 9.17) is 21.1 Å². The molecule has 0 unspecified atom stereocenters. The number of hydrogen-bond donors (Lipinski definition) is 0. The van der Waals surface area contributed by atoms with Gasteiger partial charge in [0.05, 0.1) is 23.1 Å². The number of methoxy groups -OCH3 is 1. The monoisotopic (exact) mass is 597 g/mol. The molecule has 0 aliphatic rings. The largest absolute Gasteiger partial charge is 0.468 e. The number of hydroxylamine groups is 2. The number of rotatable bonds is 8. The van der Waals surface area contributed by atoms with Crippen molar-refractivity contribution in [3.63, 3.8) is 0 Å². The number of nitrogens with zero attached hydrogens (tertiary/aromatic N) is 1. The van der Waals surface area contributed by atoms with E-state index in [9.17, 15) is 36.0 Å². The maximum absolute atomic E-state index is 13.4. The van der Waals surface area contributed by atoms with Gasteiger partial charge in [0, 0.05) is 11.3 Å². The van der Waals surface area contributed by atoms with Crippen molar-refractivity contribution in [1.82, 2.24) is 5.06 Å². The molecule has 1 amide bonds. The van der Waals surface area contributed by atoms with Crippen molar-refractivity contribution >= 4 is 39.5 Å². The number of halogens is 4. The van der Waals surface area contributed by atoms with Gasteiger partial charge in [-0.3, -0.25) is 9.68 Å². The molecule has 2 aromatic carbocycles. The van der Waals surface area contributed by atoms with E-state index in [0.29, 0.717) is 6.07 Å². The van der Waals surface area contributed by atoms with E-state index < -0.39 is 68.0 Å². The highest BCUT2D eigenvalue weighted by Crippen LogP contribution is 2.40. The summed E-state index contributed by atoms with van der Waals surface area (Å²) in [7, 11) is -3.09. The van der Waals surface area contributed by atoms with Crippen LogP contribution in [0.3, 0.4) is 0 Å². The maximum Gasteiger partial charge on any atom is 0.438 e. The lowest BCUT2D eigenvalue weighted by Crippen LogP contribution is -2.40. The van der Waals surface area contributed by atoms with Crippen LogP contribution in [0.2, 0.25) is 5.02 Å². The van der Waals surface area contributed by atoms with Gasteiger partial charge in [-0.15, -0.1) is 5.06 Å². The highest BCUT2D eigenvalue weighted by Gasteiger charge is 2.35. The number of carbonyl (C=O) groups is 3. The number of benzene rings is 2. The highest BCUT2D eigenvalue weighted by atomic mass is 35.5. The minimum atomic E-state index is -4.85.